The number of carbonyl (C=O) groups is 1. The van der Waals surface area contributed by atoms with Gasteiger partial charge in [-0.25, -0.2) is 0 Å². The Hall–Kier alpha value is -2.79. The number of aromatic amines is 1. The van der Waals surface area contributed by atoms with E-state index in [1.54, 1.807) is 7.11 Å². The van der Waals surface area contributed by atoms with Crippen molar-refractivity contribution in [1.29, 1.82) is 0 Å². The van der Waals surface area contributed by atoms with Crippen LogP contribution in [0, 0.1) is 0 Å². The maximum Gasteiger partial charge on any atom is 0.240 e. The van der Waals surface area contributed by atoms with Crippen LogP contribution in [0.25, 0.3) is 10.9 Å². The van der Waals surface area contributed by atoms with Gasteiger partial charge >= 0.3 is 0 Å². The predicted octanol–water partition coefficient (Wildman–Crippen LogP) is 2.76. The number of methoxy groups -OCH3 is 1. The van der Waals surface area contributed by atoms with E-state index in [4.69, 9.17) is 4.74 Å². The van der Waals surface area contributed by atoms with Gasteiger partial charge in [0, 0.05) is 36.7 Å². The molecule has 2 aromatic carbocycles. The lowest BCUT2D eigenvalue weighted by Crippen LogP contribution is -2.56. The minimum absolute atomic E-state index is 0.158. The molecular formula is C22H25N3O2. The van der Waals surface area contributed by atoms with Gasteiger partial charge in [-0.1, -0.05) is 30.3 Å². The van der Waals surface area contributed by atoms with Crippen LogP contribution >= 0.6 is 0 Å². The van der Waals surface area contributed by atoms with Gasteiger partial charge in [0.25, 0.3) is 0 Å². The fraction of sp³-hybridized carbons (Fsp3) is 0.318. The lowest BCUT2D eigenvalue weighted by Gasteiger charge is -2.33. The van der Waals surface area contributed by atoms with Gasteiger partial charge in [-0.2, -0.15) is 0 Å². The SMILES string of the molecule is COc1ccc(CCN2CCN[C@@H](Cc3c[nH]c4ccccc34)C2=O)cc1. The van der Waals surface area contributed by atoms with Crippen LogP contribution in [0.1, 0.15) is 11.1 Å². The van der Waals surface area contributed by atoms with Crippen LogP contribution in [0.15, 0.2) is 54.7 Å². The van der Waals surface area contributed by atoms with E-state index in [2.05, 4.69) is 34.6 Å². The molecule has 2 N–H and O–H groups in total. The van der Waals surface area contributed by atoms with E-state index in [1.807, 2.05) is 35.4 Å². The second kappa shape index (κ2) is 7.84. The summed E-state index contributed by atoms with van der Waals surface area (Å²) in [6, 6.07) is 16.1. The van der Waals surface area contributed by atoms with Crippen LogP contribution in [0.3, 0.4) is 0 Å². The second-order valence-corrected chi connectivity index (χ2v) is 6.99. The zero-order valence-electron chi connectivity index (χ0n) is 15.6. The molecule has 2 heterocycles. The molecule has 1 atom stereocenters. The number of nitrogens with zero attached hydrogens (tertiary/aromatic N) is 1. The van der Waals surface area contributed by atoms with Crippen molar-refractivity contribution in [3.8, 4) is 5.75 Å². The molecule has 1 saturated heterocycles. The third-order valence-electron chi connectivity index (χ3n) is 5.31. The number of hydrogen-bond donors (Lipinski definition) is 2. The molecule has 0 aliphatic carbocycles. The van der Waals surface area contributed by atoms with Crippen molar-refractivity contribution in [1.82, 2.24) is 15.2 Å². The molecule has 5 heteroatoms. The van der Waals surface area contributed by atoms with Crippen molar-refractivity contribution in [3.05, 3.63) is 65.9 Å². The minimum atomic E-state index is -0.158. The van der Waals surface area contributed by atoms with E-state index >= 15 is 0 Å². The number of nitrogens with one attached hydrogen (secondary N) is 2. The Labute approximate surface area is 159 Å². The van der Waals surface area contributed by atoms with E-state index in [1.165, 1.54) is 16.5 Å². The molecule has 1 aromatic heterocycles. The van der Waals surface area contributed by atoms with Gasteiger partial charge in [0.05, 0.1) is 13.2 Å². The molecule has 1 aliphatic heterocycles. The standard InChI is InChI=1S/C22H25N3O2/c1-27-18-8-6-16(7-9-18)10-12-25-13-11-23-21(22(25)26)14-17-15-24-20-5-3-2-4-19(17)20/h2-9,15,21,23-24H,10-14H2,1H3/t21-/m0/s1. The zero-order valence-corrected chi connectivity index (χ0v) is 15.6. The molecule has 0 unspecified atom stereocenters. The Bertz CT molecular complexity index is 917. The largest absolute Gasteiger partial charge is 0.497 e. The summed E-state index contributed by atoms with van der Waals surface area (Å²) in [6.07, 6.45) is 3.59. The summed E-state index contributed by atoms with van der Waals surface area (Å²) in [5.41, 5.74) is 3.52. The van der Waals surface area contributed by atoms with Gasteiger partial charge in [0.15, 0.2) is 0 Å². The number of fused-ring (bicyclic) bond motifs is 1. The lowest BCUT2D eigenvalue weighted by molar-refractivity contribution is -0.135. The van der Waals surface area contributed by atoms with E-state index < -0.39 is 0 Å². The van der Waals surface area contributed by atoms with E-state index in [9.17, 15) is 4.79 Å². The number of rotatable bonds is 6. The molecule has 3 aromatic rings. The highest BCUT2D eigenvalue weighted by Gasteiger charge is 2.28. The minimum Gasteiger partial charge on any atom is -0.497 e. The van der Waals surface area contributed by atoms with Crippen molar-refractivity contribution in [2.24, 2.45) is 0 Å². The van der Waals surface area contributed by atoms with Crippen LogP contribution in [0.5, 0.6) is 5.75 Å². The average molecular weight is 363 g/mol. The molecule has 1 fully saturated rings. The Morgan fingerprint density at radius 2 is 1.96 bits per heavy atom. The first-order valence-electron chi connectivity index (χ1n) is 9.44. The maximum absolute atomic E-state index is 12.9. The zero-order chi connectivity index (χ0) is 18.6. The predicted molar refractivity (Wildman–Crippen MR) is 107 cm³/mol. The van der Waals surface area contributed by atoms with Crippen LogP contribution in [0.2, 0.25) is 0 Å². The normalized spacial score (nSPS) is 17.4. The van der Waals surface area contributed by atoms with Gasteiger partial charge in [-0.15, -0.1) is 0 Å². The molecule has 0 radical (unpaired) electrons. The van der Waals surface area contributed by atoms with Crippen molar-refractivity contribution in [2.75, 3.05) is 26.7 Å². The van der Waals surface area contributed by atoms with Gasteiger partial charge in [-0.05, 0) is 42.2 Å². The summed E-state index contributed by atoms with van der Waals surface area (Å²) in [5.74, 6) is 1.05. The number of benzene rings is 2. The van der Waals surface area contributed by atoms with Crippen molar-refractivity contribution in [3.63, 3.8) is 0 Å². The molecule has 27 heavy (non-hydrogen) atoms. The number of piperazine rings is 1. The summed E-state index contributed by atoms with van der Waals surface area (Å²) in [4.78, 5) is 18.2. The number of carbonyl (C=O) groups excluding carboxylic acids is 1. The van der Waals surface area contributed by atoms with Gasteiger partial charge in [-0.3, -0.25) is 4.79 Å². The number of hydrogen-bond acceptors (Lipinski definition) is 3. The molecule has 140 valence electrons. The first-order chi connectivity index (χ1) is 13.2. The van der Waals surface area contributed by atoms with Gasteiger partial charge in [0.2, 0.25) is 5.91 Å². The first-order valence-corrected chi connectivity index (χ1v) is 9.44. The quantitative estimate of drug-likeness (QED) is 0.708. The van der Waals surface area contributed by atoms with E-state index in [-0.39, 0.29) is 11.9 Å². The molecule has 1 aliphatic rings. The molecule has 0 bridgehead atoms. The molecule has 4 rings (SSSR count). The topological polar surface area (TPSA) is 57.4 Å². The Morgan fingerprint density at radius 3 is 2.78 bits per heavy atom. The molecule has 1 amide bonds. The van der Waals surface area contributed by atoms with Crippen LogP contribution < -0.4 is 10.1 Å². The highest BCUT2D eigenvalue weighted by Crippen LogP contribution is 2.20. The Balaban J connectivity index is 1.39. The molecule has 5 nitrogen and oxygen atoms in total. The average Bonchev–Trinajstić information content (AvgIpc) is 3.12. The maximum atomic E-state index is 12.9. The highest BCUT2D eigenvalue weighted by atomic mass is 16.5. The summed E-state index contributed by atoms with van der Waals surface area (Å²) < 4.78 is 5.20. The summed E-state index contributed by atoms with van der Waals surface area (Å²) in [6.45, 7) is 2.35. The van der Waals surface area contributed by atoms with Gasteiger partial charge in [0.1, 0.15) is 5.75 Å². The van der Waals surface area contributed by atoms with Crippen LogP contribution in [0.4, 0.5) is 0 Å². The number of ether oxygens (including phenoxy) is 1. The van der Waals surface area contributed by atoms with Crippen LogP contribution in [-0.4, -0.2) is 48.6 Å². The first kappa shape index (κ1) is 17.6. The molecule has 0 spiro atoms. The smallest absolute Gasteiger partial charge is 0.240 e. The number of amides is 1. The third kappa shape index (κ3) is 3.83. The number of H-pyrrole nitrogens is 1. The summed E-state index contributed by atoms with van der Waals surface area (Å²) in [7, 11) is 1.67. The Morgan fingerprint density at radius 1 is 1.15 bits per heavy atom. The Kier molecular flexibility index (Phi) is 5.12. The van der Waals surface area contributed by atoms with Crippen molar-refractivity contribution in [2.45, 2.75) is 18.9 Å². The summed E-state index contributed by atoms with van der Waals surface area (Å²) >= 11 is 0. The second-order valence-electron chi connectivity index (χ2n) is 6.99. The fourth-order valence-electron chi connectivity index (χ4n) is 3.75. The van der Waals surface area contributed by atoms with Gasteiger partial charge < -0.3 is 19.9 Å². The highest BCUT2D eigenvalue weighted by molar-refractivity contribution is 5.86. The number of para-hydroxylation sites is 1. The summed E-state index contributed by atoms with van der Waals surface area (Å²) in [5, 5.41) is 4.59. The van der Waals surface area contributed by atoms with Crippen LogP contribution in [-0.2, 0) is 17.6 Å². The molecule has 0 saturated carbocycles. The monoisotopic (exact) mass is 363 g/mol. The molecular weight excluding hydrogens is 338 g/mol. The van der Waals surface area contributed by atoms with Crippen molar-refractivity contribution < 1.29 is 9.53 Å². The third-order valence-corrected chi connectivity index (χ3v) is 5.31. The van der Waals surface area contributed by atoms with E-state index in [0.717, 1.165) is 37.3 Å². The van der Waals surface area contributed by atoms with Crippen molar-refractivity contribution >= 4 is 16.8 Å². The fourth-order valence-corrected chi connectivity index (χ4v) is 3.75. The number of aromatic nitrogens is 1. The lowest BCUT2D eigenvalue weighted by atomic mass is 10.0. The van der Waals surface area contributed by atoms with E-state index in [0.29, 0.717) is 6.42 Å².